The molecule has 1 aliphatic heterocycles. The number of methoxy groups -OCH3 is 2. The van der Waals surface area contributed by atoms with Crippen LogP contribution in [-0.2, 0) is 16.6 Å². The van der Waals surface area contributed by atoms with E-state index in [1.54, 1.807) is 23.1 Å². The molecule has 1 atom stereocenters. The van der Waals surface area contributed by atoms with Gasteiger partial charge in [0, 0.05) is 41.3 Å². The minimum Gasteiger partial charge on any atom is -0.507 e. The van der Waals surface area contributed by atoms with E-state index in [-0.39, 0.29) is 17.4 Å². The van der Waals surface area contributed by atoms with Gasteiger partial charge in [0.25, 0.3) is 11.7 Å². The molecule has 7 nitrogen and oxygen atoms in total. The summed E-state index contributed by atoms with van der Waals surface area (Å²) in [5, 5.41) is 12.4. The van der Waals surface area contributed by atoms with E-state index in [1.807, 2.05) is 42.1 Å². The lowest BCUT2D eigenvalue weighted by molar-refractivity contribution is -0.141. The SMILES string of the molecule is COc1ccc(/C(O)=C2\C(=O)C(=O)N(C3CCCC3)C2c2cn(C)c3ccccc23)cc1OC. The molecule has 1 saturated heterocycles. The standard InChI is InChI=1S/C27H28N2O5/c1-28-15-19(18-10-6-7-11-20(18)28)24-23(26(31)27(32)29(24)17-8-4-5-9-17)25(30)16-12-13-21(33-2)22(14-16)34-3/h6-7,10-15,17,24,30H,4-5,8-9H2,1-3H3/b25-23+. The summed E-state index contributed by atoms with van der Waals surface area (Å²) >= 11 is 0. The van der Waals surface area contributed by atoms with Gasteiger partial charge in [0.15, 0.2) is 11.5 Å². The predicted octanol–water partition coefficient (Wildman–Crippen LogP) is 4.56. The van der Waals surface area contributed by atoms with Crippen LogP contribution in [0.15, 0.2) is 54.2 Å². The van der Waals surface area contributed by atoms with Gasteiger partial charge in [-0.05, 0) is 37.1 Å². The number of carbonyl (C=O) groups excluding carboxylic acids is 2. The van der Waals surface area contributed by atoms with Crippen molar-refractivity contribution in [3.63, 3.8) is 0 Å². The van der Waals surface area contributed by atoms with Gasteiger partial charge in [0.2, 0.25) is 0 Å². The number of nitrogens with zero attached hydrogens (tertiary/aromatic N) is 2. The number of Topliss-reactive ketones (excluding diaryl/α,β-unsaturated/α-hetero) is 1. The molecule has 1 N–H and O–H groups in total. The maximum absolute atomic E-state index is 13.4. The molecule has 1 aliphatic carbocycles. The highest BCUT2D eigenvalue weighted by atomic mass is 16.5. The largest absolute Gasteiger partial charge is 0.507 e. The molecule has 176 valence electrons. The number of benzene rings is 2. The number of carbonyl (C=O) groups is 2. The molecule has 2 fully saturated rings. The number of rotatable bonds is 5. The Morgan fingerprint density at radius 3 is 2.41 bits per heavy atom. The van der Waals surface area contributed by atoms with E-state index in [0.29, 0.717) is 17.1 Å². The van der Waals surface area contributed by atoms with Crippen molar-refractivity contribution < 1.29 is 24.2 Å². The Morgan fingerprint density at radius 1 is 1.00 bits per heavy atom. The highest BCUT2D eigenvalue weighted by Crippen LogP contribution is 2.46. The van der Waals surface area contributed by atoms with Gasteiger partial charge in [-0.25, -0.2) is 0 Å². The molecule has 1 amide bonds. The summed E-state index contributed by atoms with van der Waals surface area (Å²) in [6, 6.07) is 12.2. The quantitative estimate of drug-likeness (QED) is 0.343. The normalized spacial score (nSPS) is 20.4. The lowest BCUT2D eigenvalue weighted by Crippen LogP contribution is -2.37. The Kier molecular flexibility index (Phi) is 5.55. The van der Waals surface area contributed by atoms with E-state index in [1.165, 1.54) is 14.2 Å². The van der Waals surface area contributed by atoms with Crippen molar-refractivity contribution >= 4 is 28.4 Å². The average molecular weight is 461 g/mol. The monoisotopic (exact) mass is 460 g/mol. The molecule has 3 aromatic rings. The predicted molar refractivity (Wildman–Crippen MR) is 129 cm³/mol. The fraction of sp³-hybridized carbons (Fsp3) is 0.333. The summed E-state index contributed by atoms with van der Waals surface area (Å²) in [6.45, 7) is 0. The molecule has 1 unspecified atom stereocenters. The van der Waals surface area contributed by atoms with Gasteiger partial charge < -0.3 is 24.0 Å². The Bertz CT molecular complexity index is 1320. The van der Waals surface area contributed by atoms with Crippen molar-refractivity contribution in [2.45, 2.75) is 37.8 Å². The summed E-state index contributed by atoms with van der Waals surface area (Å²) in [5.74, 6) is -0.476. The lowest BCUT2D eigenvalue weighted by atomic mass is 9.94. The highest BCUT2D eigenvalue weighted by Gasteiger charge is 2.50. The van der Waals surface area contributed by atoms with Crippen molar-refractivity contribution in [2.75, 3.05) is 14.2 Å². The third-order valence-electron chi connectivity index (χ3n) is 7.08. The number of hydrogen-bond donors (Lipinski definition) is 1. The van der Waals surface area contributed by atoms with Crippen molar-refractivity contribution in [1.82, 2.24) is 9.47 Å². The Balaban J connectivity index is 1.74. The van der Waals surface area contributed by atoms with Gasteiger partial charge in [0.1, 0.15) is 5.76 Å². The smallest absolute Gasteiger partial charge is 0.295 e. The highest BCUT2D eigenvalue weighted by molar-refractivity contribution is 6.46. The van der Waals surface area contributed by atoms with Crippen LogP contribution >= 0.6 is 0 Å². The fourth-order valence-corrected chi connectivity index (χ4v) is 5.44. The number of ether oxygens (including phenoxy) is 2. The first-order chi connectivity index (χ1) is 16.5. The van der Waals surface area contributed by atoms with E-state index in [4.69, 9.17) is 9.47 Å². The average Bonchev–Trinajstić information content (AvgIpc) is 3.56. The number of hydrogen-bond acceptors (Lipinski definition) is 5. The molecular formula is C27H28N2O5. The van der Waals surface area contributed by atoms with Gasteiger partial charge >= 0.3 is 0 Å². The van der Waals surface area contributed by atoms with Crippen LogP contribution in [0.1, 0.15) is 42.9 Å². The molecule has 0 radical (unpaired) electrons. The molecule has 1 saturated carbocycles. The van der Waals surface area contributed by atoms with Gasteiger partial charge in [-0.2, -0.15) is 0 Å². The van der Waals surface area contributed by atoms with Crippen LogP contribution in [0.5, 0.6) is 11.5 Å². The number of aliphatic hydroxyl groups is 1. The third-order valence-corrected chi connectivity index (χ3v) is 7.08. The molecule has 2 heterocycles. The lowest BCUT2D eigenvalue weighted by Gasteiger charge is -2.30. The molecule has 2 aliphatic rings. The van der Waals surface area contributed by atoms with Crippen LogP contribution in [0.25, 0.3) is 16.7 Å². The summed E-state index contributed by atoms with van der Waals surface area (Å²) in [7, 11) is 4.99. The zero-order valence-corrected chi connectivity index (χ0v) is 19.6. The molecule has 0 spiro atoms. The van der Waals surface area contributed by atoms with Crippen molar-refractivity contribution in [3.05, 3.63) is 65.4 Å². The van der Waals surface area contributed by atoms with Crippen LogP contribution in [-0.4, -0.2) is 46.5 Å². The Labute approximate surface area is 198 Å². The Morgan fingerprint density at radius 2 is 1.71 bits per heavy atom. The maximum atomic E-state index is 13.4. The van der Waals surface area contributed by atoms with Gasteiger partial charge in [-0.3, -0.25) is 9.59 Å². The van der Waals surface area contributed by atoms with Gasteiger partial charge in [-0.15, -0.1) is 0 Å². The third kappa shape index (κ3) is 3.34. The number of aromatic nitrogens is 1. The number of aryl methyl sites for hydroxylation is 1. The molecule has 2 aromatic carbocycles. The van der Waals surface area contributed by atoms with E-state index in [2.05, 4.69) is 0 Å². The molecule has 1 aromatic heterocycles. The number of fused-ring (bicyclic) bond motifs is 1. The first-order valence-corrected chi connectivity index (χ1v) is 11.5. The second-order valence-corrected chi connectivity index (χ2v) is 8.93. The van der Waals surface area contributed by atoms with Gasteiger partial charge in [-0.1, -0.05) is 31.0 Å². The van der Waals surface area contributed by atoms with E-state index in [0.717, 1.165) is 42.1 Å². The first kappa shape index (κ1) is 22.1. The Hall–Kier alpha value is -3.74. The summed E-state index contributed by atoms with van der Waals surface area (Å²) in [5.41, 5.74) is 2.35. The molecule has 7 heteroatoms. The van der Waals surface area contributed by atoms with Gasteiger partial charge in [0.05, 0.1) is 25.8 Å². The number of amides is 1. The second kappa shape index (κ2) is 8.56. The molecular weight excluding hydrogens is 432 g/mol. The molecule has 0 bridgehead atoms. The summed E-state index contributed by atoms with van der Waals surface area (Å²) in [6.07, 6.45) is 5.71. The maximum Gasteiger partial charge on any atom is 0.295 e. The van der Waals surface area contributed by atoms with Crippen LogP contribution in [0.4, 0.5) is 0 Å². The zero-order valence-electron chi connectivity index (χ0n) is 19.6. The minimum atomic E-state index is -0.665. The number of para-hydroxylation sites is 1. The minimum absolute atomic E-state index is 0.0314. The van der Waals surface area contributed by atoms with Crippen LogP contribution in [0.2, 0.25) is 0 Å². The topological polar surface area (TPSA) is 81.0 Å². The van der Waals surface area contributed by atoms with Crippen LogP contribution in [0.3, 0.4) is 0 Å². The first-order valence-electron chi connectivity index (χ1n) is 11.5. The second-order valence-electron chi connectivity index (χ2n) is 8.93. The molecule has 34 heavy (non-hydrogen) atoms. The number of ketones is 1. The van der Waals surface area contributed by atoms with Crippen LogP contribution in [0, 0.1) is 0 Å². The summed E-state index contributed by atoms with van der Waals surface area (Å²) < 4.78 is 12.7. The van der Waals surface area contributed by atoms with Crippen molar-refractivity contribution in [1.29, 1.82) is 0 Å². The fourth-order valence-electron chi connectivity index (χ4n) is 5.44. The van der Waals surface area contributed by atoms with E-state index in [9.17, 15) is 14.7 Å². The molecule has 5 rings (SSSR count). The summed E-state index contributed by atoms with van der Waals surface area (Å²) in [4.78, 5) is 28.5. The van der Waals surface area contributed by atoms with Crippen LogP contribution < -0.4 is 9.47 Å². The number of likely N-dealkylation sites (tertiary alicyclic amines) is 1. The van der Waals surface area contributed by atoms with Crippen molar-refractivity contribution in [2.24, 2.45) is 7.05 Å². The zero-order chi connectivity index (χ0) is 24.0. The number of aliphatic hydroxyl groups excluding tert-OH is 1. The van der Waals surface area contributed by atoms with E-state index < -0.39 is 17.7 Å². The van der Waals surface area contributed by atoms with Crippen molar-refractivity contribution in [3.8, 4) is 11.5 Å². The van der Waals surface area contributed by atoms with E-state index >= 15 is 0 Å².